The van der Waals surface area contributed by atoms with Crippen LogP contribution in [0.1, 0.15) is 78.6 Å². The van der Waals surface area contributed by atoms with Gasteiger partial charge in [0.15, 0.2) is 5.78 Å². The van der Waals surface area contributed by atoms with Gasteiger partial charge in [-0.25, -0.2) is 0 Å². The van der Waals surface area contributed by atoms with Gasteiger partial charge in [0.25, 0.3) is 0 Å². The Bertz CT molecular complexity index is 653. The van der Waals surface area contributed by atoms with Crippen molar-refractivity contribution in [2.45, 2.75) is 78.6 Å². The van der Waals surface area contributed by atoms with Gasteiger partial charge >= 0.3 is 0 Å². The number of hydrogen-bond donors (Lipinski definition) is 0. The lowest BCUT2D eigenvalue weighted by Gasteiger charge is -2.54. The molecule has 5 fully saturated rings. The highest BCUT2D eigenvalue weighted by molar-refractivity contribution is 5.91. The minimum absolute atomic E-state index is 0. The second-order valence-corrected chi connectivity index (χ2v) is 10.00. The average Bonchev–Trinajstić information content (AvgIpc) is 3.50. The topological polar surface area (TPSA) is 40.9 Å². The van der Waals surface area contributed by atoms with E-state index in [1.807, 2.05) is 6.08 Å². The molecule has 0 bridgehead atoms. The molecule has 8 unspecified atom stereocenters. The van der Waals surface area contributed by atoms with Crippen LogP contribution in [0.25, 0.3) is 0 Å². The quantitative estimate of drug-likeness (QED) is 0.541. The van der Waals surface area contributed by atoms with Crippen LogP contribution in [0.5, 0.6) is 0 Å². The van der Waals surface area contributed by atoms with Crippen molar-refractivity contribution in [2.75, 3.05) is 0 Å². The summed E-state index contributed by atoms with van der Waals surface area (Å²) < 4.78 is 0. The molecule has 0 aliphatic heterocycles. The largest absolute Gasteiger partial charge is 0.295 e. The highest BCUT2D eigenvalue weighted by atomic mass is 16.1. The van der Waals surface area contributed by atoms with E-state index < -0.39 is 0 Å². The number of carbonyl (C=O) groups excluding carboxylic acids is 1. The normalized spacial score (nSPS) is 49.5. The predicted octanol–water partition coefficient (Wildman–Crippen LogP) is 5.93. The van der Waals surface area contributed by atoms with Crippen molar-refractivity contribution in [1.29, 1.82) is 5.26 Å². The summed E-state index contributed by atoms with van der Waals surface area (Å²) in [6.45, 7) is 2.43. The van der Waals surface area contributed by atoms with Crippen LogP contribution in [0.4, 0.5) is 0 Å². The van der Waals surface area contributed by atoms with Gasteiger partial charge in [0.1, 0.15) is 0 Å². The molecule has 8 atom stereocenters. The van der Waals surface area contributed by atoms with Gasteiger partial charge in [-0.05, 0) is 85.5 Å². The number of nitriles is 1. The van der Waals surface area contributed by atoms with Crippen molar-refractivity contribution in [3.8, 4) is 6.07 Å². The number of ketones is 1. The summed E-state index contributed by atoms with van der Waals surface area (Å²) in [5, 5.41) is 9.68. The molecule has 6 aliphatic rings. The summed E-state index contributed by atoms with van der Waals surface area (Å²) >= 11 is 0. The lowest BCUT2D eigenvalue weighted by atomic mass is 9.50. The number of nitrogens with zero attached hydrogens (tertiary/aromatic N) is 1. The summed E-state index contributed by atoms with van der Waals surface area (Å²) in [5.41, 5.74) is 1.78. The van der Waals surface area contributed by atoms with Crippen LogP contribution in [0.15, 0.2) is 11.6 Å². The zero-order valence-corrected chi connectivity index (χ0v) is 15.5. The van der Waals surface area contributed by atoms with Crippen molar-refractivity contribution in [3.05, 3.63) is 11.6 Å². The smallest absolute Gasteiger partial charge is 0.155 e. The van der Waals surface area contributed by atoms with E-state index in [4.69, 9.17) is 0 Å². The van der Waals surface area contributed by atoms with Crippen molar-refractivity contribution < 1.29 is 4.79 Å². The summed E-state index contributed by atoms with van der Waals surface area (Å²) in [4.78, 5) is 11.7. The molecule has 0 heterocycles. The fourth-order valence-electron chi connectivity index (χ4n) is 7.39. The first-order chi connectivity index (χ1) is 12.1. The lowest BCUT2D eigenvalue weighted by Crippen LogP contribution is -2.47. The van der Waals surface area contributed by atoms with Gasteiger partial charge in [0.05, 0.1) is 12.0 Å². The first-order valence-electron chi connectivity index (χ1n) is 10.8. The molecule has 0 spiro atoms. The third kappa shape index (κ3) is 2.69. The maximum atomic E-state index is 11.7. The molecule has 0 amide bonds. The summed E-state index contributed by atoms with van der Waals surface area (Å²) in [6.07, 6.45) is 14.7. The Kier molecular flexibility index (Phi) is 4.57. The van der Waals surface area contributed by atoms with E-state index in [9.17, 15) is 10.1 Å². The fraction of sp³-hybridized carbons (Fsp3) is 0.833. The summed E-state index contributed by atoms with van der Waals surface area (Å²) in [7, 11) is 0. The third-order valence-electron chi connectivity index (χ3n) is 8.58. The number of hydrogen-bond acceptors (Lipinski definition) is 2. The minimum Gasteiger partial charge on any atom is -0.295 e. The van der Waals surface area contributed by atoms with Crippen LogP contribution >= 0.6 is 0 Å². The summed E-state index contributed by atoms with van der Waals surface area (Å²) in [6, 6.07) is 2.70. The van der Waals surface area contributed by atoms with Gasteiger partial charge in [-0.1, -0.05) is 39.2 Å². The molecule has 0 aromatic carbocycles. The first kappa shape index (κ1) is 18.3. The molecule has 2 heteroatoms. The molecule has 26 heavy (non-hydrogen) atoms. The Morgan fingerprint density at radius 3 is 2.50 bits per heavy atom. The predicted molar refractivity (Wildman–Crippen MR) is 104 cm³/mol. The highest BCUT2D eigenvalue weighted by Crippen LogP contribution is 2.74. The van der Waals surface area contributed by atoms with Gasteiger partial charge < -0.3 is 0 Å². The SMILES string of the molecule is C.C1CC1.CC12CCC3C4CCC(=O)C=C4CCC3C1C1CC1C2C#N. The monoisotopic (exact) mass is 353 g/mol. The van der Waals surface area contributed by atoms with Crippen LogP contribution in [0.2, 0.25) is 0 Å². The molecule has 0 aromatic heterocycles. The molecule has 6 aliphatic carbocycles. The highest BCUT2D eigenvalue weighted by Gasteiger charge is 2.69. The van der Waals surface area contributed by atoms with E-state index in [2.05, 4.69) is 13.0 Å². The maximum Gasteiger partial charge on any atom is 0.155 e. The van der Waals surface area contributed by atoms with Crippen LogP contribution in [-0.4, -0.2) is 5.78 Å². The van der Waals surface area contributed by atoms with E-state index >= 15 is 0 Å². The van der Waals surface area contributed by atoms with Crippen molar-refractivity contribution in [3.63, 3.8) is 0 Å². The van der Waals surface area contributed by atoms with E-state index in [1.165, 1.54) is 50.5 Å². The Hall–Kier alpha value is -1.10. The number of fused-ring (bicyclic) bond motifs is 7. The van der Waals surface area contributed by atoms with E-state index in [0.29, 0.717) is 23.0 Å². The van der Waals surface area contributed by atoms with Gasteiger partial charge in [-0.15, -0.1) is 0 Å². The summed E-state index contributed by atoms with van der Waals surface area (Å²) in [5.74, 6) is 5.42. The molecule has 5 saturated carbocycles. The Morgan fingerprint density at radius 2 is 1.81 bits per heavy atom. The Morgan fingerprint density at radius 1 is 1.04 bits per heavy atom. The van der Waals surface area contributed by atoms with Crippen LogP contribution in [0, 0.1) is 58.2 Å². The molecule has 6 rings (SSSR count). The molecule has 0 aromatic rings. The molecular formula is C24H35NO. The van der Waals surface area contributed by atoms with Crippen LogP contribution in [-0.2, 0) is 4.79 Å². The number of rotatable bonds is 0. The lowest BCUT2D eigenvalue weighted by molar-refractivity contribution is -0.116. The van der Waals surface area contributed by atoms with E-state index in [0.717, 1.165) is 48.9 Å². The van der Waals surface area contributed by atoms with Crippen molar-refractivity contribution in [1.82, 2.24) is 0 Å². The zero-order chi connectivity index (χ0) is 17.2. The Balaban J connectivity index is 0.000000385. The van der Waals surface area contributed by atoms with Gasteiger partial charge in [-0.3, -0.25) is 4.79 Å². The Labute approximate surface area is 159 Å². The maximum absolute atomic E-state index is 11.7. The number of allylic oxidation sites excluding steroid dienone is 1. The molecule has 0 radical (unpaired) electrons. The van der Waals surface area contributed by atoms with Crippen LogP contribution < -0.4 is 0 Å². The van der Waals surface area contributed by atoms with Crippen molar-refractivity contribution in [2.24, 2.45) is 46.8 Å². The van der Waals surface area contributed by atoms with Gasteiger partial charge in [-0.2, -0.15) is 5.26 Å². The average molecular weight is 354 g/mol. The second kappa shape index (κ2) is 6.50. The molecule has 0 N–H and O–H groups in total. The van der Waals surface area contributed by atoms with Crippen molar-refractivity contribution >= 4 is 5.78 Å². The van der Waals surface area contributed by atoms with Gasteiger partial charge in [0, 0.05) is 6.42 Å². The standard InChI is InChI=1S/C20H25NO.C3H6.CH4/c1-20-7-6-14-13-5-3-12(22)8-11(13)2-4-15(14)19(20)17-9-16(17)18(20)10-21;1-2-3-1;/h8,13-19H,2-7,9H2,1H3;1-3H2;1H4. The molecule has 142 valence electrons. The molecule has 0 saturated heterocycles. The molecular weight excluding hydrogens is 318 g/mol. The first-order valence-corrected chi connectivity index (χ1v) is 10.8. The van der Waals surface area contributed by atoms with Crippen LogP contribution in [0.3, 0.4) is 0 Å². The molecule has 2 nitrogen and oxygen atoms in total. The number of carbonyl (C=O) groups is 1. The third-order valence-corrected chi connectivity index (χ3v) is 8.58. The van der Waals surface area contributed by atoms with E-state index in [1.54, 1.807) is 0 Å². The fourth-order valence-corrected chi connectivity index (χ4v) is 7.39. The zero-order valence-electron chi connectivity index (χ0n) is 15.5. The minimum atomic E-state index is 0. The second-order valence-electron chi connectivity index (χ2n) is 10.00. The van der Waals surface area contributed by atoms with Gasteiger partial charge in [0.2, 0.25) is 0 Å². The van der Waals surface area contributed by atoms with E-state index in [-0.39, 0.29) is 7.43 Å².